The van der Waals surface area contributed by atoms with Gasteiger partial charge < -0.3 is 10.1 Å². The highest BCUT2D eigenvalue weighted by atomic mass is 35.5. The lowest BCUT2D eigenvalue weighted by Crippen LogP contribution is -2.24. The molecular weight excluding hydrogens is 269 g/mol. The van der Waals surface area contributed by atoms with E-state index in [-0.39, 0.29) is 19.0 Å². The predicted molar refractivity (Wildman–Crippen MR) is 79.6 cm³/mol. The molecule has 100 valence electrons. The van der Waals surface area contributed by atoms with E-state index in [1.54, 1.807) is 6.07 Å². The normalized spacial score (nSPS) is 11.2. The van der Waals surface area contributed by atoms with Crippen LogP contribution in [-0.2, 0) is 6.54 Å². The van der Waals surface area contributed by atoms with E-state index in [2.05, 4.69) is 25.1 Å². The number of hydrogen-bond acceptors (Lipinski definition) is 2. The summed E-state index contributed by atoms with van der Waals surface area (Å²) in [4.78, 5) is 0. The summed E-state index contributed by atoms with van der Waals surface area (Å²) in [6.07, 6.45) is 6.27. The van der Waals surface area contributed by atoms with Gasteiger partial charge in [-0.05, 0) is 31.5 Å². The molecule has 1 aromatic carbocycles. The predicted octanol–water partition coefficient (Wildman–Crippen LogP) is 3.66. The largest absolute Gasteiger partial charge is 0.481 e. The third-order valence-electron chi connectivity index (χ3n) is 2.59. The standard InChI is InChI=1S/C14H18ClNO.ClH/c1-4-8-17-14-7-6-13(15)9-12(14)10-16-11(3)5-2;/h1,6-7,9,11,16H,5,8,10H2,2-3H3;1H. The van der Waals surface area contributed by atoms with Crippen LogP contribution in [0.4, 0.5) is 0 Å². The fourth-order valence-corrected chi connectivity index (χ4v) is 1.57. The van der Waals surface area contributed by atoms with Crippen LogP contribution in [-0.4, -0.2) is 12.6 Å². The minimum absolute atomic E-state index is 0. The van der Waals surface area contributed by atoms with Crippen molar-refractivity contribution in [1.29, 1.82) is 0 Å². The van der Waals surface area contributed by atoms with Crippen molar-refractivity contribution in [3.05, 3.63) is 28.8 Å². The van der Waals surface area contributed by atoms with Gasteiger partial charge in [0.2, 0.25) is 0 Å². The van der Waals surface area contributed by atoms with Gasteiger partial charge in [0.15, 0.2) is 0 Å². The molecule has 2 nitrogen and oxygen atoms in total. The van der Waals surface area contributed by atoms with Gasteiger partial charge >= 0.3 is 0 Å². The van der Waals surface area contributed by atoms with Crippen LogP contribution < -0.4 is 10.1 Å². The van der Waals surface area contributed by atoms with E-state index in [9.17, 15) is 0 Å². The van der Waals surface area contributed by atoms with Gasteiger partial charge in [0.1, 0.15) is 12.4 Å². The van der Waals surface area contributed by atoms with Crippen LogP contribution in [0.1, 0.15) is 25.8 Å². The van der Waals surface area contributed by atoms with E-state index in [0.29, 0.717) is 11.1 Å². The van der Waals surface area contributed by atoms with Crippen LogP contribution in [0.2, 0.25) is 5.02 Å². The second-order valence-electron chi connectivity index (χ2n) is 3.94. The SMILES string of the molecule is C#CCOc1ccc(Cl)cc1CNC(C)CC.Cl. The summed E-state index contributed by atoms with van der Waals surface area (Å²) in [6, 6.07) is 6.03. The zero-order valence-electron chi connectivity index (χ0n) is 10.7. The first-order chi connectivity index (χ1) is 8.17. The maximum Gasteiger partial charge on any atom is 0.148 e. The lowest BCUT2D eigenvalue weighted by molar-refractivity contribution is 0.363. The maximum atomic E-state index is 5.98. The zero-order chi connectivity index (χ0) is 12.7. The Bertz CT molecular complexity index is 401. The van der Waals surface area contributed by atoms with Crippen molar-refractivity contribution in [1.82, 2.24) is 5.32 Å². The summed E-state index contributed by atoms with van der Waals surface area (Å²) in [5, 5.41) is 4.11. The summed E-state index contributed by atoms with van der Waals surface area (Å²) in [7, 11) is 0. The number of terminal acetylenes is 1. The molecule has 1 unspecified atom stereocenters. The average Bonchev–Trinajstić information content (AvgIpc) is 2.34. The van der Waals surface area contributed by atoms with Gasteiger partial charge in [-0.1, -0.05) is 24.4 Å². The van der Waals surface area contributed by atoms with Gasteiger partial charge in [0.05, 0.1) is 0 Å². The van der Waals surface area contributed by atoms with Crippen molar-refractivity contribution >= 4 is 24.0 Å². The van der Waals surface area contributed by atoms with Gasteiger partial charge in [-0.3, -0.25) is 0 Å². The van der Waals surface area contributed by atoms with Gasteiger partial charge in [-0.2, -0.15) is 0 Å². The van der Waals surface area contributed by atoms with E-state index in [4.69, 9.17) is 22.8 Å². The van der Waals surface area contributed by atoms with E-state index in [1.807, 2.05) is 12.1 Å². The molecule has 0 amide bonds. The molecule has 4 heteroatoms. The monoisotopic (exact) mass is 287 g/mol. The highest BCUT2D eigenvalue weighted by Crippen LogP contribution is 2.23. The quantitative estimate of drug-likeness (QED) is 0.807. The Morgan fingerprint density at radius 3 is 2.83 bits per heavy atom. The highest BCUT2D eigenvalue weighted by Gasteiger charge is 2.06. The molecule has 0 aromatic heterocycles. The fourth-order valence-electron chi connectivity index (χ4n) is 1.37. The minimum Gasteiger partial charge on any atom is -0.481 e. The van der Waals surface area contributed by atoms with E-state index >= 15 is 0 Å². The Labute approximate surface area is 120 Å². The molecule has 0 saturated heterocycles. The van der Waals surface area contributed by atoms with Crippen LogP contribution in [0.25, 0.3) is 0 Å². The van der Waals surface area contributed by atoms with E-state index in [0.717, 1.165) is 24.3 Å². The molecule has 0 spiro atoms. The Kier molecular flexibility index (Phi) is 8.66. The van der Waals surface area contributed by atoms with Crippen molar-refractivity contribution in [2.75, 3.05) is 6.61 Å². The Balaban J connectivity index is 0.00000289. The highest BCUT2D eigenvalue weighted by molar-refractivity contribution is 6.30. The lowest BCUT2D eigenvalue weighted by Gasteiger charge is -2.14. The average molecular weight is 288 g/mol. The third kappa shape index (κ3) is 5.64. The Hall–Kier alpha value is -0.880. The molecule has 0 aliphatic carbocycles. The second kappa shape index (κ2) is 9.10. The molecule has 0 heterocycles. The van der Waals surface area contributed by atoms with Crippen LogP contribution in [0.15, 0.2) is 18.2 Å². The summed E-state index contributed by atoms with van der Waals surface area (Å²) in [6.45, 7) is 5.30. The lowest BCUT2D eigenvalue weighted by atomic mass is 10.1. The molecular formula is C14H19Cl2NO. The molecule has 0 radical (unpaired) electrons. The van der Waals surface area contributed by atoms with Crippen molar-refractivity contribution in [3.63, 3.8) is 0 Å². The van der Waals surface area contributed by atoms with Crippen molar-refractivity contribution in [2.45, 2.75) is 32.9 Å². The number of halogens is 2. The summed E-state index contributed by atoms with van der Waals surface area (Å²) in [5.74, 6) is 3.25. The number of benzene rings is 1. The van der Waals surface area contributed by atoms with Crippen molar-refractivity contribution in [3.8, 4) is 18.1 Å². The van der Waals surface area contributed by atoms with Crippen LogP contribution in [0, 0.1) is 12.3 Å². The summed E-state index contributed by atoms with van der Waals surface area (Å²) in [5.41, 5.74) is 1.04. The number of rotatable bonds is 6. The molecule has 0 saturated carbocycles. The summed E-state index contributed by atoms with van der Waals surface area (Å²) < 4.78 is 5.47. The molecule has 1 rings (SSSR count). The molecule has 0 bridgehead atoms. The Morgan fingerprint density at radius 2 is 2.22 bits per heavy atom. The van der Waals surface area contributed by atoms with Gasteiger partial charge in [0, 0.05) is 23.2 Å². The van der Waals surface area contributed by atoms with Crippen LogP contribution in [0.3, 0.4) is 0 Å². The maximum absolute atomic E-state index is 5.98. The van der Waals surface area contributed by atoms with Gasteiger partial charge in [-0.15, -0.1) is 18.8 Å². The third-order valence-corrected chi connectivity index (χ3v) is 2.82. The first kappa shape index (κ1) is 17.1. The minimum atomic E-state index is 0. The first-order valence-electron chi connectivity index (χ1n) is 5.75. The van der Waals surface area contributed by atoms with Crippen molar-refractivity contribution < 1.29 is 4.74 Å². The van der Waals surface area contributed by atoms with E-state index < -0.39 is 0 Å². The number of hydrogen-bond donors (Lipinski definition) is 1. The van der Waals surface area contributed by atoms with Crippen LogP contribution >= 0.6 is 24.0 Å². The molecule has 1 N–H and O–H groups in total. The van der Waals surface area contributed by atoms with Gasteiger partial charge in [0.25, 0.3) is 0 Å². The van der Waals surface area contributed by atoms with Gasteiger partial charge in [-0.25, -0.2) is 0 Å². The molecule has 0 fully saturated rings. The molecule has 18 heavy (non-hydrogen) atoms. The fraction of sp³-hybridized carbons (Fsp3) is 0.429. The molecule has 0 aliphatic rings. The Morgan fingerprint density at radius 1 is 1.50 bits per heavy atom. The van der Waals surface area contributed by atoms with Crippen molar-refractivity contribution in [2.24, 2.45) is 0 Å². The zero-order valence-corrected chi connectivity index (χ0v) is 12.3. The molecule has 1 aromatic rings. The summed E-state index contributed by atoms with van der Waals surface area (Å²) >= 11 is 5.98. The van der Waals surface area contributed by atoms with Crippen LogP contribution in [0.5, 0.6) is 5.75 Å². The number of ether oxygens (including phenoxy) is 1. The smallest absolute Gasteiger partial charge is 0.148 e. The number of nitrogens with one attached hydrogen (secondary N) is 1. The molecule has 1 atom stereocenters. The topological polar surface area (TPSA) is 21.3 Å². The first-order valence-corrected chi connectivity index (χ1v) is 6.13. The van der Waals surface area contributed by atoms with E-state index in [1.165, 1.54) is 0 Å². The second-order valence-corrected chi connectivity index (χ2v) is 4.37. The molecule has 0 aliphatic heterocycles.